The molecule has 0 bridgehead atoms. The molecule has 0 aliphatic heterocycles. The summed E-state index contributed by atoms with van der Waals surface area (Å²) in [5.74, 6) is 0.674. The first-order chi connectivity index (χ1) is 9.04. The number of unbranched alkanes of at least 4 members (excludes halogenated alkanes) is 1. The lowest BCUT2D eigenvalue weighted by Gasteiger charge is -2.17. The van der Waals surface area contributed by atoms with Gasteiger partial charge in [0.25, 0.3) is 0 Å². The fourth-order valence-corrected chi connectivity index (χ4v) is 1.95. The minimum Gasteiger partial charge on any atom is -0.396 e. The average Bonchev–Trinajstić information content (AvgIpc) is 2.39. The average molecular weight is 263 g/mol. The molecule has 1 amide bonds. The van der Waals surface area contributed by atoms with E-state index in [1.165, 1.54) is 5.56 Å². The van der Waals surface area contributed by atoms with Gasteiger partial charge in [0.2, 0.25) is 5.91 Å². The summed E-state index contributed by atoms with van der Waals surface area (Å²) in [6, 6.07) is 8.44. The number of aliphatic hydroxyl groups is 1. The van der Waals surface area contributed by atoms with Crippen molar-refractivity contribution in [3.05, 3.63) is 35.4 Å². The Hall–Kier alpha value is -1.35. The molecule has 0 saturated heterocycles. The van der Waals surface area contributed by atoms with Gasteiger partial charge in [-0.2, -0.15) is 0 Å². The Morgan fingerprint density at radius 1 is 1.21 bits per heavy atom. The molecule has 19 heavy (non-hydrogen) atoms. The van der Waals surface area contributed by atoms with Crippen LogP contribution in [0.5, 0.6) is 0 Å². The molecule has 0 aliphatic rings. The van der Waals surface area contributed by atoms with E-state index in [-0.39, 0.29) is 12.5 Å². The van der Waals surface area contributed by atoms with E-state index in [9.17, 15) is 4.79 Å². The Morgan fingerprint density at radius 2 is 1.84 bits per heavy atom. The van der Waals surface area contributed by atoms with Gasteiger partial charge in [-0.15, -0.1) is 0 Å². The summed E-state index contributed by atoms with van der Waals surface area (Å²) >= 11 is 0. The molecule has 1 rings (SSSR count). The zero-order valence-electron chi connectivity index (χ0n) is 12.2. The van der Waals surface area contributed by atoms with Crippen molar-refractivity contribution in [3.63, 3.8) is 0 Å². The van der Waals surface area contributed by atoms with Gasteiger partial charge >= 0.3 is 0 Å². The van der Waals surface area contributed by atoms with E-state index < -0.39 is 0 Å². The van der Waals surface area contributed by atoms with Crippen LogP contribution in [0.25, 0.3) is 0 Å². The lowest BCUT2D eigenvalue weighted by Crippen LogP contribution is -2.25. The fraction of sp³-hybridized carbons (Fsp3) is 0.562. The van der Waals surface area contributed by atoms with Crippen molar-refractivity contribution in [2.24, 2.45) is 0 Å². The van der Waals surface area contributed by atoms with Gasteiger partial charge in [-0.1, -0.05) is 38.1 Å². The molecule has 0 heterocycles. The van der Waals surface area contributed by atoms with Gasteiger partial charge in [-0.25, -0.2) is 0 Å². The second-order valence-electron chi connectivity index (χ2n) is 5.33. The highest BCUT2D eigenvalue weighted by Crippen LogP contribution is 2.15. The summed E-state index contributed by atoms with van der Waals surface area (Å²) < 4.78 is 0. The Bertz CT molecular complexity index is 384. The van der Waals surface area contributed by atoms with Crippen molar-refractivity contribution in [1.82, 2.24) is 4.90 Å². The number of rotatable bonds is 7. The van der Waals surface area contributed by atoms with Crippen LogP contribution in [-0.2, 0) is 11.3 Å². The lowest BCUT2D eigenvalue weighted by molar-refractivity contribution is -0.130. The summed E-state index contributed by atoms with van der Waals surface area (Å²) in [6.07, 6.45) is 1.97. The van der Waals surface area contributed by atoms with Crippen LogP contribution in [0.1, 0.15) is 50.2 Å². The fourth-order valence-electron chi connectivity index (χ4n) is 1.95. The van der Waals surface area contributed by atoms with E-state index in [2.05, 4.69) is 38.1 Å². The predicted octanol–water partition coefficient (Wildman–Crippen LogP) is 2.93. The molecule has 3 heteroatoms. The van der Waals surface area contributed by atoms with Crippen molar-refractivity contribution in [1.29, 1.82) is 0 Å². The first-order valence-electron chi connectivity index (χ1n) is 6.98. The molecular weight excluding hydrogens is 238 g/mol. The lowest BCUT2D eigenvalue weighted by atomic mass is 10.0. The summed E-state index contributed by atoms with van der Waals surface area (Å²) in [7, 11) is 1.83. The van der Waals surface area contributed by atoms with E-state index >= 15 is 0 Å². The number of amides is 1. The van der Waals surface area contributed by atoms with E-state index in [1.807, 2.05) is 7.05 Å². The normalized spacial score (nSPS) is 10.8. The summed E-state index contributed by atoms with van der Waals surface area (Å²) in [6.45, 7) is 5.15. The van der Waals surface area contributed by atoms with Gasteiger partial charge in [0.1, 0.15) is 0 Å². The number of hydrogen-bond acceptors (Lipinski definition) is 2. The van der Waals surface area contributed by atoms with Crippen molar-refractivity contribution in [2.75, 3.05) is 13.7 Å². The smallest absolute Gasteiger partial charge is 0.222 e. The van der Waals surface area contributed by atoms with Crippen molar-refractivity contribution >= 4 is 5.91 Å². The van der Waals surface area contributed by atoms with E-state index in [4.69, 9.17) is 5.11 Å². The predicted molar refractivity (Wildman–Crippen MR) is 77.9 cm³/mol. The third-order valence-corrected chi connectivity index (χ3v) is 3.29. The summed E-state index contributed by atoms with van der Waals surface area (Å²) in [5, 5.41) is 8.70. The van der Waals surface area contributed by atoms with Crippen LogP contribution in [0, 0.1) is 0 Å². The van der Waals surface area contributed by atoms with Gasteiger partial charge in [0.05, 0.1) is 0 Å². The number of aliphatic hydroxyl groups excluding tert-OH is 1. The van der Waals surface area contributed by atoms with Crippen molar-refractivity contribution < 1.29 is 9.90 Å². The molecule has 0 fully saturated rings. The van der Waals surface area contributed by atoms with Crippen LogP contribution >= 0.6 is 0 Å². The van der Waals surface area contributed by atoms with Crippen LogP contribution < -0.4 is 0 Å². The van der Waals surface area contributed by atoms with E-state index in [1.54, 1.807) is 4.90 Å². The molecule has 1 aromatic rings. The molecular formula is C16H25NO2. The number of carbonyl (C=O) groups is 1. The summed E-state index contributed by atoms with van der Waals surface area (Å²) in [5.41, 5.74) is 2.48. The minimum atomic E-state index is 0.140. The molecule has 0 unspecified atom stereocenters. The van der Waals surface area contributed by atoms with Gasteiger partial charge in [0.15, 0.2) is 0 Å². The minimum absolute atomic E-state index is 0.140. The molecule has 0 aromatic heterocycles. The maximum atomic E-state index is 11.8. The first-order valence-corrected chi connectivity index (χ1v) is 6.98. The highest BCUT2D eigenvalue weighted by molar-refractivity contribution is 5.75. The zero-order valence-corrected chi connectivity index (χ0v) is 12.2. The van der Waals surface area contributed by atoms with Crippen LogP contribution in [0.3, 0.4) is 0 Å². The molecule has 0 radical (unpaired) electrons. The Kier molecular flexibility index (Phi) is 6.57. The van der Waals surface area contributed by atoms with Crippen LogP contribution in [-0.4, -0.2) is 29.6 Å². The number of hydrogen-bond donors (Lipinski definition) is 1. The number of carbonyl (C=O) groups excluding carboxylic acids is 1. The van der Waals surface area contributed by atoms with Crippen LogP contribution in [0.2, 0.25) is 0 Å². The van der Waals surface area contributed by atoms with Crippen LogP contribution in [0.4, 0.5) is 0 Å². The topological polar surface area (TPSA) is 40.5 Å². The van der Waals surface area contributed by atoms with E-state index in [0.29, 0.717) is 25.3 Å². The summed E-state index contributed by atoms with van der Waals surface area (Å²) in [4.78, 5) is 13.6. The Labute approximate surface area is 116 Å². The monoisotopic (exact) mass is 263 g/mol. The van der Waals surface area contributed by atoms with Gasteiger partial charge < -0.3 is 10.0 Å². The molecule has 0 aliphatic carbocycles. The number of benzene rings is 1. The third kappa shape index (κ3) is 5.43. The van der Waals surface area contributed by atoms with Gasteiger partial charge in [0, 0.05) is 26.6 Å². The van der Waals surface area contributed by atoms with E-state index in [0.717, 1.165) is 12.0 Å². The molecule has 106 valence electrons. The SMILES string of the molecule is CC(C)c1ccc(CN(C)C(=O)CCCCO)cc1. The zero-order chi connectivity index (χ0) is 14.3. The molecule has 1 N–H and O–H groups in total. The van der Waals surface area contributed by atoms with Crippen molar-refractivity contribution in [3.8, 4) is 0 Å². The van der Waals surface area contributed by atoms with Crippen molar-refractivity contribution in [2.45, 2.75) is 45.6 Å². The second kappa shape index (κ2) is 7.95. The highest BCUT2D eigenvalue weighted by Gasteiger charge is 2.09. The van der Waals surface area contributed by atoms with Gasteiger partial charge in [-0.3, -0.25) is 4.79 Å². The highest BCUT2D eigenvalue weighted by atomic mass is 16.3. The maximum Gasteiger partial charge on any atom is 0.222 e. The largest absolute Gasteiger partial charge is 0.396 e. The standard InChI is InChI=1S/C16H25NO2/c1-13(2)15-9-7-14(8-10-15)12-17(3)16(19)6-4-5-11-18/h7-10,13,18H,4-6,11-12H2,1-3H3. The molecule has 3 nitrogen and oxygen atoms in total. The second-order valence-corrected chi connectivity index (χ2v) is 5.33. The number of nitrogens with zero attached hydrogens (tertiary/aromatic N) is 1. The third-order valence-electron chi connectivity index (χ3n) is 3.29. The maximum absolute atomic E-state index is 11.8. The quantitative estimate of drug-likeness (QED) is 0.768. The molecule has 0 saturated carbocycles. The van der Waals surface area contributed by atoms with Crippen LogP contribution in [0.15, 0.2) is 24.3 Å². The Balaban J connectivity index is 2.47. The first kappa shape index (κ1) is 15.7. The molecule has 1 aromatic carbocycles. The Morgan fingerprint density at radius 3 is 2.37 bits per heavy atom. The molecule has 0 atom stereocenters. The van der Waals surface area contributed by atoms with Gasteiger partial charge in [-0.05, 0) is 29.9 Å². The molecule has 0 spiro atoms.